The predicted octanol–water partition coefficient (Wildman–Crippen LogP) is 3.75. The Morgan fingerprint density at radius 3 is 2.65 bits per heavy atom. The zero-order valence-corrected chi connectivity index (χ0v) is 11.6. The lowest BCUT2D eigenvalue weighted by molar-refractivity contribution is 0.156. The molecule has 1 saturated carbocycles. The van der Waals surface area contributed by atoms with Gasteiger partial charge in [0.05, 0.1) is 0 Å². The van der Waals surface area contributed by atoms with E-state index in [2.05, 4.69) is 12.2 Å². The van der Waals surface area contributed by atoms with Crippen LogP contribution in [0.5, 0.6) is 5.75 Å². The molecule has 4 heteroatoms. The average Bonchev–Trinajstić information content (AvgIpc) is 2.20. The summed E-state index contributed by atoms with van der Waals surface area (Å²) >= 11 is 6.03. The van der Waals surface area contributed by atoms with Gasteiger partial charge in [0.1, 0.15) is 5.75 Å². The van der Waals surface area contributed by atoms with Gasteiger partial charge in [0.2, 0.25) is 0 Å². The largest absolute Gasteiger partial charge is 0.508 e. The van der Waals surface area contributed by atoms with Crippen LogP contribution in [0.2, 0.25) is 5.02 Å². The van der Waals surface area contributed by atoms with Crippen molar-refractivity contribution in [1.29, 1.82) is 0 Å². The van der Waals surface area contributed by atoms with Crippen LogP contribution in [-0.2, 0) is 6.54 Å². The molecule has 0 bridgehead atoms. The summed E-state index contributed by atoms with van der Waals surface area (Å²) in [5.74, 6) is 0.277. The smallest absolute Gasteiger partial charge is 0.121 e. The van der Waals surface area contributed by atoms with Crippen LogP contribution < -0.4 is 5.32 Å². The third-order valence-corrected chi connectivity index (χ3v) is 3.86. The van der Waals surface area contributed by atoms with Gasteiger partial charge in [0, 0.05) is 23.7 Å². The monoisotopic (exact) mass is 275 g/mol. The van der Waals surface area contributed by atoms with Crippen molar-refractivity contribution in [3.63, 3.8) is 0 Å². The highest BCUT2D eigenvalue weighted by Gasteiger charge is 2.30. The molecule has 2 rings (SSSR count). The Hall–Kier alpha value is -0.440. The zero-order chi connectivity index (χ0) is 11.6. The van der Waals surface area contributed by atoms with Crippen LogP contribution in [0.15, 0.2) is 18.2 Å². The Balaban J connectivity index is 0.00000144. The van der Waals surface area contributed by atoms with Gasteiger partial charge in [-0.15, -0.1) is 12.4 Å². The number of rotatable bonds is 4. The second-order valence-electron chi connectivity index (χ2n) is 5.01. The van der Waals surface area contributed by atoms with E-state index in [1.807, 2.05) is 6.07 Å². The van der Waals surface area contributed by atoms with E-state index in [1.54, 1.807) is 12.1 Å². The maximum absolute atomic E-state index is 9.67. The van der Waals surface area contributed by atoms with Crippen LogP contribution in [0.1, 0.15) is 31.7 Å². The SMILES string of the molecule is CC1(CNCc2c(O)cccc2Cl)CCC1.Cl. The number of hydrogen-bond donors (Lipinski definition) is 2. The molecule has 1 aliphatic carbocycles. The molecule has 0 atom stereocenters. The minimum atomic E-state index is 0. The molecule has 0 spiro atoms. The van der Waals surface area contributed by atoms with E-state index in [4.69, 9.17) is 11.6 Å². The first-order valence-electron chi connectivity index (χ1n) is 5.78. The number of phenols is 1. The van der Waals surface area contributed by atoms with E-state index in [0.717, 1.165) is 12.1 Å². The van der Waals surface area contributed by atoms with Crippen molar-refractivity contribution in [2.45, 2.75) is 32.7 Å². The fourth-order valence-electron chi connectivity index (χ4n) is 2.17. The summed E-state index contributed by atoms with van der Waals surface area (Å²) in [7, 11) is 0. The van der Waals surface area contributed by atoms with Gasteiger partial charge in [-0.25, -0.2) is 0 Å². The zero-order valence-electron chi connectivity index (χ0n) is 10.0. The number of aromatic hydroxyl groups is 1. The average molecular weight is 276 g/mol. The Labute approximate surface area is 114 Å². The summed E-state index contributed by atoms with van der Waals surface area (Å²) < 4.78 is 0. The lowest BCUT2D eigenvalue weighted by Gasteiger charge is -2.38. The third-order valence-electron chi connectivity index (χ3n) is 3.51. The van der Waals surface area contributed by atoms with E-state index in [0.29, 0.717) is 17.0 Å². The molecular weight excluding hydrogens is 257 g/mol. The molecule has 0 amide bonds. The van der Waals surface area contributed by atoms with Crippen molar-refractivity contribution >= 4 is 24.0 Å². The molecule has 1 fully saturated rings. The van der Waals surface area contributed by atoms with Gasteiger partial charge in [-0.05, 0) is 30.4 Å². The van der Waals surface area contributed by atoms with Gasteiger partial charge in [-0.2, -0.15) is 0 Å². The first-order chi connectivity index (χ1) is 7.61. The van der Waals surface area contributed by atoms with Crippen molar-refractivity contribution in [3.8, 4) is 5.75 Å². The third kappa shape index (κ3) is 3.51. The molecule has 0 unspecified atom stereocenters. The lowest BCUT2D eigenvalue weighted by Crippen LogP contribution is -2.37. The van der Waals surface area contributed by atoms with Gasteiger partial charge >= 0.3 is 0 Å². The molecule has 1 aliphatic rings. The van der Waals surface area contributed by atoms with Crippen LogP contribution in [0.25, 0.3) is 0 Å². The normalized spacial score (nSPS) is 17.1. The summed E-state index contributed by atoms with van der Waals surface area (Å²) in [5.41, 5.74) is 1.25. The summed E-state index contributed by atoms with van der Waals surface area (Å²) in [5, 5.41) is 13.7. The van der Waals surface area contributed by atoms with Crippen LogP contribution >= 0.6 is 24.0 Å². The first-order valence-corrected chi connectivity index (χ1v) is 6.16. The molecule has 0 saturated heterocycles. The van der Waals surface area contributed by atoms with Crippen LogP contribution in [0, 0.1) is 5.41 Å². The topological polar surface area (TPSA) is 32.3 Å². The minimum absolute atomic E-state index is 0. The fraction of sp³-hybridized carbons (Fsp3) is 0.538. The minimum Gasteiger partial charge on any atom is -0.508 e. The molecule has 1 aromatic carbocycles. The van der Waals surface area contributed by atoms with Crippen molar-refractivity contribution in [2.75, 3.05) is 6.54 Å². The van der Waals surface area contributed by atoms with Gasteiger partial charge < -0.3 is 10.4 Å². The Kier molecular flexibility index (Phi) is 5.11. The summed E-state index contributed by atoms with van der Waals surface area (Å²) in [6.45, 7) is 3.94. The van der Waals surface area contributed by atoms with Gasteiger partial charge in [0.25, 0.3) is 0 Å². The number of nitrogens with one attached hydrogen (secondary N) is 1. The number of phenolic OH excluding ortho intramolecular Hbond substituents is 1. The molecule has 0 aromatic heterocycles. The summed E-state index contributed by atoms with van der Waals surface area (Å²) in [6.07, 6.45) is 3.94. The van der Waals surface area contributed by atoms with E-state index < -0.39 is 0 Å². The number of benzene rings is 1. The van der Waals surface area contributed by atoms with Crippen molar-refractivity contribution in [3.05, 3.63) is 28.8 Å². The van der Waals surface area contributed by atoms with Crippen LogP contribution in [-0.4, -0.2) is 11.7 Å². The molecule has 0 aliphatic heterocycles. The van der Waals surface area contributed by atoms with E-state index in [-0.39, 0.29) is 18.2 Å². The maximum atomic E-state index is 9.67. The highest BCUT2D eigenvalue weighted by atomic mass is 35.5. The second kappa shape index (κ2) is 5.94. The standard InChI is InChI=1S/C13H18ClNO.ClH/c1-13(6-3-7-13)9-15-8-10-11(14)4-2-5-12(10)16;/h2,4-5,15-16H,3,6-9H2,1H3;1H. The molecule has 2 N–H and O–H groups in total. The van der Waals surface area contributed by atoms with E-state index in [9.17, 15) is 5.11 Å². The van der Waals surface area contributed by atoms with E-state index >= 15 is 0 Å². The maximum Gasteiger partial charge on any atom is 0.121 e. The molecule has 0 heterocycles. The number of halogens is 2. The van der Waals surface area contributed by atoms with Gasteiger partial charge in [-0.1, -0.05) is 31.0 Å². The predicted molar refractivity (Wildman–Crippen MR) is 74.0 cm³/mol. The fourth-order valence-corrected chi connectivity index (χ4v) is 2.41. The molecular formula is C13H19Cl2NO. The molecule has 1 aromatic rings. The quantitative estimate of drug-likeness (QED) is 0.877. The molecule has 2 nitrogen and oxygen atoms in total. The summed E-state index contributed by atoms with van der Waals surface area (Å²) in [6, 6.07) is 5.24. The van der Waals surface area contributed by atoms with Crippen molar-refractivity contribution in [1.82, 2.24) is 5.32 Å². The van der Waals surface area contributed by atoms with Crippen LogP contribution in [0.4, 0.5) is 0 Å². The Morgan fingerprint density at radius 1 is 1.41 bits per heavy atom. The molecule has 17 heavy (non-hydrogen) atoms. The van der Waals surface area contributed by atoms with Gasteiger partial charge in [0.15, 0.2) is 0 Å². The Bertz CT molecular complexity index is 357. The summed E-state index contributed by atoms with van der Waals surface area (Å²) in [4.78, 5) is 0. The van der Waals surface area contributed by atoms with Crippen molar-refractivity contribution in [2.24, 2.45) is 5.41 Å². The van der Waals surface area contributed by atoms with Crippen LogP contribution in [0.3, 0.4) is 0 Å². The first kappa shape index (κ1) is 14.6. The van der Waals surface area contributed by atoms with E-state index in [1.165, 1.54) is 19.3 Å². The Morgan fingerprint density at radius 2 is 2.12 bits per heavy atom. The van der Waals surface area contributed by atoms with Gasteiger partial charge in [-0.3, -0.25) is 0 Å². The van der Waals surface area contributed by atoms with Crippen molar-refractivity contribution < 1.29 is 5.11 Å². The molecule has 96 valence electrons. The number of hydrogen-bond acceptors (Lipinski definition) is 2. The highest BCUT2D eigenvalue weighted by Crippen LogP contribution is 2.39. The second-order valence-corrected chi connectivity index (χ2v) is 5.41. The highest BCUT2D eigenvalue weighted by molar-refractivity contribution is 6.31. The lowest BCUT2D eigenvalue weighted by atomic mass is 9.70. The molecule has 0 radical (unpaired) electrons.